The number of ether oxygens (including phenoxy) is 2. The summed E-state index contributed by atoms with van der Waals surface area (Å²) >= 11 is 0. The summed E-state index contributed by atoms with van der Waals surface area (Å²) in [5.41, 5.74) is 1.87. The lowest BCUT2D eigenvalue weighted by molar-refractivity contribution is 0.355. The number of rotatable bonds is 4. The Morgan fingerprint density at radius 3 is 2.75 bits per heavy atom. The first-order valence-corrected chi connectivity index (χ1v) is 9.47. The van der Waals surface area contributed by atoms with Gasteiger partial charge in [0.2, 0.25) is 5.95 Å². The number of pyridine rings is 1. The SMILES string of the molecule is COc1ccc(-c2ccnc3nc(N4CCCC(C)C4)[nH]c(=O)c23)cc1OC. The standard InChI is InChI=1S/C21H24N4O3/c1-13-5-4-10-25(12-13)21-23-19-18(20(26)24-21)15(8-9-22-19)14-6-7-16(27-2)17(11-14)28-3/h6-9,11,13H,4-5,10,12H2,1-3H3,(H,22,23,24,26). The minimum atomic E-state index is -0.184. The van der Waals surface area contributed by atoms with Gasteiger partial charge in [-0.1, -0.05) is 13.0 Å². The predicted octanol–water partition coefficient (Wildman–Crippen LogP) is 3.24. The van der Waals surface area contributed by atoms with E-state index in [4.69, 9.17) is 9.47 Å². The van der Waals surface area contributed by atoms with Crippen LogP contribution in [-0.2, 0) is 0 Å². The van der Waals surface area contributed by atoms with Crippen molar-refractivity contribution in [1.82, 2.24) is 15.0 Å². The maximum absolute atomic E-state index is 13.0. The van der Waals surface area contributed by atoms with Gasteiger partial charge in [-0.2, -0.15) is 4.98 Å². The van der Waals surface area contributed by atoms with Crippen LogP contribution in [-0.4, -0.2) is 42.3 Å². The Hall–Kier alpha value is -3.09. The summed E-state index contributed by atoms with van der Waals surface area (Å²) in [6.45, 7) is 4.01. The molecular formula is C21H24N4O3. The number of anilines is 1. The Labute approximate surface area is 163 Å². The number of nitrogens with one attached hydrogen (secondary N) is 1. The fourth-order valence-electron chi connectivity index (χ4n) is 3.83. The number of H-pyrrole nitrogens is 1. The smallest absolute Gasteiger partial charge is 0.262 e. The Morgan fingerprint density at radius 2 is 2.00 bits per heavy atom. The average Bonchev–Trinajstić information content (AvgIpc) is 2.72. The summed E-state index contributed by atoms with van der Waals surface area (Å²) in [7, 11) is 3.18. The minimum Gasteiger partial charge on any atom is -0.493 e. The van der Waals surface area contributed by atoms with E-state index in [0.29, 0.717) is 34.4 Å². The third kappa shape index (κ3) is 3.28. The summed E-state index contributed by atoms with van der Waals surface area (Å²) in [5, 5.41) is 0.475. The van der Waals surface area contributed by atoms with E-state index in [0.717, 1.165) is 30.6 Å². The van der Waals surface area contributed by atoms with E-state index in [1.54, 1.807) is 20.4 Å². The molecule has 7 nitrogen and oxygen atoms in total. The van der Waals surface area contributed by atoms with Gasteiger partial charge >= 0.3 is 0 Å². The zero-order valence-electron chi connectivity index (χ0n) is 16.4. The number of hydrogen-bond donors (Lipinski definition) is 1. The molecule has 1 aromatic carbocycles. The van der Waals surface area contributed by atoms with Gasteiger partial charge in [-0.25, -0.2) is 4.98 Å². The molecular weight excluding hydrogens is 356 g/mol. The van der Waals surface area contributed by atoms with E-state index in [9.17, 15) is 4.79 Å². The maximum Gasteiger partial charge on any atom is 0.262 e. The van der Waals surface area contributed by atoms with Crippen LogP contribution in [0.15, 0.2) is 35.3 Å². The second-order valence-electron chi connectivity index (χ2n) is 7.21. The van der Waals surface area contributed by atoms with E-state index in [2.05, 4.69) is 26.8 Å². The number of aromatic nitrogens is 3. The molecule has 4 rings (SSSR count). The molecule has 0 bridgehead atoms. The fraction of sp³-hybridized carbons (Fsp3) is 0.381. The largest absolute Gasteiger partial charge is 0.493 e. The summed E-state index contributed by atoms with van der Waals surface area (Å²) < 4.78 is 10.7. The first-order valence-electron chi connectivity index (χ1n) is 9.47. The number of aromatic amines is 1. The third-order valence-corrected chi connectivity index (χ3v) is 5.25. The van der Waals surface area contributed by atoms with Gasteiger partial charge in [-0.05, 0) is 48.1 Å². The first-order chi connectivity index (χ1) is 13.6. The predicted molar refractivity (Wildman–Crippen MR) is 109 cm³/mol. The fourth-order valence-corrected chi connectivity index (χ4v) is 3.83. The molecule has 28 heavy (non-hydrogen) atoms. The lowest BCUT2D eigenvalue weighted by Crippen LogP contribution is -2.36. The highest BCUT2D eigenvalue weighted by molar-refractivity contribution is 5.92. The molecule has 1 atom stereocenters. The van der Waals surface area contributed by atoms with Crippen molar-refractivity contribution in [2.75, 3.05) is 32.2 Å². The zero-order valence-corrected chi connectivity index (χ0v) is 16.4. The van der Waals surface area contributed by atoms with Gasteiger partial charge in [-0.3, -0.25) is 9.78 Å². The molecule has 1 saturated heterocycles. The normalized spacial score (nSPS) is 17.0. The summed E-state index contributed by atoms with van der Waals surface area (Å²) in [5.74, 6) is 2.42. The quantitative estimate of drug-likeness (QED) is 0.748. The second-order valence-corrected chi connectivity index (χ2v) is 7.21. The molecule has 2 aromatic heterocycles. The van der Waals surface area contributed by atoms with Gasteiger partial charge in [0.15, 0.2) is 17.1 Å². The van der Waals surface area contributed by atoms with Crippen molar-refractivity contribution in [2.24, 2.45) is 5.92 Å². The minimum absolute atomic E-state index is 0.184. The van der Waals surface area contributed by atoms with Crippen LogP contribution in [0.1, 0.15) is 19.8 Å². The molecule has 0 radical (unpaired) electrons. The number of nitrogens with zero attached hydrogens (tertiary/aromatic N) is 3. The summed E-state index contributed by atoms with van der Waals surface area (Å²) in [4.78, 5) is 27.1. The number of methoxy groups -OCH3 is 2. The Morgan fingerprint density at radius 1 is 1.18 bits per heavy atom. The topological polar surface area (TPSA) is 80.3 Å². The second kappa shape index (κ2) is 7.50. The highest BCUT2D eigenvalue weighted by Gasteiger charge is 2.20. The first kappa shape index (κ1) is 18.3. The van der Waals surface area contributed by atoms with Crippen molar-refractivity contribution in [3.05, 3.63) is 40.8 Å². The zero-order chi connectivity index (χ0) is 19.7. The van der Waals surface area contributed by atoms with Gasteiger partial charge < -0.3 is 14.4 Å². The van der Waals surface area contributed by atoms with Crippen LogP contribution in [0, 0.1) is 5.92 Å². The molecule has 1 fully saturated rings. The Balaban J connectivity index is 1.82. The number of fused-ring (bicyclic) bond motifs is 1. The monoisotopic (exact) mass is 380 g/mol. The molecule has 3 heterocycles. The molecule has 0 amide bonds. The third-order valence-electron chi connectivity index (χ3n) is 5.25. The highest BCUT2D eigenvalue weighted by atomic mass is 16.5. The highest BCUT2D eigenvalue weighted by Crippen LogP contribution is 2.34. The lowest BCUT2D eigenvalue weighted by Gasteiger charge is -2.31. The van der Waals surface area contributed by atoms with Crippen LogP contribution >= 0.6 is 0 Å². The molecule has 7 heteroatoms. The number of piperidine rings is 1. The number of benzene rings is 1. The molecule has 0 aliphatic carbocycles. The summed E-state index contributed by atoms with van der Waals surface area (Å²) in [6, 6.07) is 7.40. The van der Waals surface area contributed by atoms with E-state index in [-0.39, 0.29) is 5.56 Å². The van der Waals surface area contributed by atoms with Crippen molar-refractivity contribution in [3.8, 4) is 22.6 Å². The van der Waals surface area contributed by atoms with Crippen molar-refractivity contribution in [2.45, 2.75) is 19.8 Å². The van der Waals surface area contributed by atoms with Gasteiger partial charge in [0.1, 0.15) is 0 Å². The van der Waals surface area contributed by atoms with Crippen LogP contribution in [0.5, 0.6) is 11.5 Å². The molecule has 146 valence electrons. The van der Waals surface area contributed by atoms with Crippen LogP contribution in [0.4, 0.5) is 5.95 Å². The molecule has 1 aliphatic rings. The van der Waals surface area contributed by atoms with Crippen LogP contribution < -0.4 is 19.9 Å². The van der Waals surface area contributed by atoms with E-state index >= 15 is 0 Å². The van der Waals surface area contributed by atoms with E-state index in [1.165, 1.54) is 6.42 Å². The van der Waals surface area contributed by atoms with Crippen molar-refractivity contribution in [3.63, 3.8) is 0 Å². The summed E-state index contributed by atoms with van der Waals surface area (Å²) in [6.07, 6.45) is 3.99. The Kier molecular flexibility index (Phi) is 4.90. The maximum atomic E-state index is 13.0. The molecule has 1 N–H and O–H groups in total. The lowest BCUT2D eigenvalue weighted by atomic mass is 10.0. The average molecular weight is 380 g/mol. The number of hydrogen-bond acceptors (Lipinski definition) is 6. The van der Waals surface area contributed by atoms with Crippen LogP contribution in [0.3, 0.4) is 0 Å². The van der Waals surface area contributed by atoms with Crippen LogP contribution in [0.2, 0.25) is 0 Å². The van der Waals surface area contributed by atoms with Gasteiger partial charge in [0, 0.05) is 19.3 Å². The van der Waals surface area contributed by atoms with Gasteiger partial charge in [-0.15, -0.1) is 0 Å². The van der Waals surface area contributed by atoms with Gasteiger partial charge in [0.05, 0.1) is 19.6 Å². The molecule has 1 unspecified atom stereocenters. The van der Waals surface area contributed by atoms with Crippen molar-refractivity contribution in [1.29, 1.82) is 0 Å². The molecule has 0 spiro atoms. The van der Waals surface area contributed by atoms with Crippen molar-refractivity contribution < 1.29 is 9.47 Å². The molecule has 0 saturated carbocycles. The van der Waals surface area contributed by atoms with Gasteiger partial charge in [0.25, 0.3) is 5.56 Å². The van der Waals surface area contributed by atoms with Crippen LogP contribution in [0.25, 0.3) is 22.2 Å². The van der Waals surface area contributed by atoms with E-state index in [1.807, 2.05) is 24.3 Å². The Bertz CT molecular complexity index is 1060. The van der Waals surface area contributed by atoms with E-state index < -0.39 is 0 Å². The molecule has 1 aliphatic heterocycles. The molecule has 3 aromatic rings. The van der Waals surface area contributed by atoms with Crippen molar-refractivity contribution >= 4 is 17.0 Å².